The summed E-state index contributed by atoms with van der Waals surface area (Å²) in [5.41, 5.74) is 1.87. The van der Waals surface area contributed by atoms with Crippen molar-refractivity contribution >= 4 is 28.5 Å². The van der Waals surface area contributed by atoms with Crippen molar-refractivity contribution < 1.29 is 4.79 Å². The van der Waals surface area contributed by atoms with Crippen LogP contribution in [0.4, 0.5) is 4.79 Å². The van der Waals surface area contributed by atoms with Crippen molar-refractivity contribution in [3.8, 4) is 0 Å². The number of rotatable bonds is 0. The molecule has 1 aromatic heterocycles. The van der Waals surface area contributed by atoms with Crippen LogP contribution in [0.5, 0.6) is 0 Å². The lowest BCUT2D eigenvalue weighted by Crippen LogP contribution is -2.17. The average molecular weight is 207 g/mol. The van der Waals surface area contributed by atoms with Crippen LogP contribution < -0.4 is 5.32 Å². The van der Waals surface area contributed by atoms with Crippen molar-refractivity contribution in [3.63, 3.8) is 0 Å². The molecule has 2 aromatic rings. The molecule has 1 aliphatic heterocycles. The molecule has 14 heavy (non-hydrogen) atoms. The van der Waals surface area contributed by atoms with Gasteiger partial charge in [0.25, 0.3) is 0 Å². The second-order valence-electron chi connectivity index (χ2n) is 3.33. The first-order chi connectivity index (χ1) is 6.75. The fraction of sp³-hybridized carbons (Fsp3) is 0.100. The standard InChI is InChI=1S/C10H7ClN2O/c11-7-2-1-6-3-8-5-12-10(14)13(8)9(6)4-7/h1-4H,5H2,(H,12,14). The molecule has 4 heteroatoms. The third-order valence-corrected chi connectivity index (χ3v) is 2.70. The summed E-state index contributed by atoms with van der Waals surface area (Å²) in [5.74, 6) is 0. The molecule has 0 unspecified atom stereocenters. The first kappa shape index (κ1) is 7.88. The molecule has 0 spiro atoms. The van der Waals surface area contributed by atoms with E-state index in [0.29, 0.717) is 11.6 Å². The largest absolute Gasteiger partial charge is 0.332 e. The number of benzene rings is 1. The number of nitrogens with zero attached hydrogens (tertiary/aromatic N) is 1. The van der Waals surface area contributed by atoms with Crippen molar-refractivity contribution in [2.75, 3.05) is 0 Å². The van der Waals surface area contributed by atoms with E-state index in [2.05, 4.69) is 5.32 Å². The van der Waals surface area contributed by atoms with Gasteiger partial charge in [0.1, 0.15) is 0 Å². The predicted molar refractivity (Wildman–Crippen MR) is 54.6 cm³/mol. The zero-order valence-corrected chi connectivity index (χ0v) is 8.01. The highest BCUT2D eigenvalue weighted by atomic mass is 35.5. The summed E-state index contributed by atoms with van der Waals surface area (Å²) in [7, 11) is 0. The SMILES string of the molecule is O=C1NCc2cc3ccc(Cl)cc3n21. The summed E-state index contributed by atoms with van der Waals surface area (Å²) in [5, 5.41) is 4.46. The van der Waals surface area contributed by atoms with Crippen LogP contribution in [0.1, 0.15) is 5.69 Å². The molecule has 2 heterocycles. The molecular weight excluding hydrogens is 200 g/mol. The predicted octanol–water partition coefficient (Wildman–Crippen LogP) is 2.37. The molecule has 1 aliphatic rings. The summed E-state index contributed by atoms with van der Waals surface area (Å²) in [6.07, 6.45) is 0. The summed E-state index contributed by atoms with van der Waals surface area (Å²) < 4.78 is 1.67. The minimum Gasteiger partial charge on any atom is -0.332 e. The van der Waals surface area contributed by atoms with Gasteiger partial charge in [0.05, 0.1) is 12.1 Å². The number of hydrogen-bond donors (Lipinski definition) is 1. The molecule has 70 valence electrons. The maximum atomic E-state index is 11.5. The zero-order valence-electron chi connectivity index (χ0n) is 7.25. The van der Waals surface area contributed by atoms with Gasteiger partial charge in [-0.25, -0.2) is 4.79 Å². The maximum Gasteiger partial charge on any atom is 0.326 e. The zero-order chi connectivity index (χ0) is 9.71. The molecule has 1 amide bonds. The van der Waals surface area contributed by atoms with Gasteiger partial charge in [0.15, 0.2) is 0 Å². The van der Waals surface area contributed by atoms with E-state index in [4.69, 9.17) is 11.6 Å². The van der Waals surface area contributed by atoms with Gasteiger partial charge in [-0.05, 0) is 18.2 Å². The molecule has 0 saturated carbocycles. The first-order valence-electron chi connectivity index (χ1n) is 4.34. The van der Waals surface area contributed by atoms with Crippen LogP contribution in [0.15, 0.2) is 24.3 Å². The number of amides is 1. The number of carbonyl (C=O) groups excluding carboxylic acids is 1. The highest BCUT2D eigenvalue weighted by Crippen LogP contribution is 2.25. The third-order valence-electron chi connectivity index (χ3n) is 2.47. The van der Waals surface area contributed by atoms with Crippen LogP contribution in [0.25, 0.3) is 10.9 Å². The first-order valence-corrected chi connectivity index (χ1v) is 4.71. The van der Waals surface area contributed by atoms with E-state index in [9.17, 15) is 4.79 Å². The highest BCUT2D eigenvalue weighted by molar-refractivity contribution is 6.31. The Bertz CT molecular complexity index is 544. The van der Waals surface area contributed by atoms with Gasteiger partial charge in [-0.15, -0.1) is 0 Å². The minimum atomic E-state index is -0.0720. The number of aromatic nitrogens is 1. The number of hydrogen-bond acceptors (Lipinski definition) is 1. The molecule has 3 nitrogen and oxygen atoms in total. The number of carbonyl (C=O) groups is 1. The second kappa shape index (κ2) is 2.51. The molecule has 0 radical (unpaired) electrons. The summed E-state index contributed by atoms with van der Waals surface area (Å²) in [6, 6.07) is 7.50. The number of halogens is 1. The highest BCUT2D eigenvalue weighted by Gasteiger charge is 2.20. The molecule has 0 aliphatic carbocycles. The summed E-state index contributed by atoms with van der Waals surface area (Å²) in [4.78, 5) is 11.5. The van der Waals surface area contributed by atoms with Gasteiger partial charge in [0, 0.05) is 16.1 Å². The molecule has 3 rings (SSSR count). The Morgan fingerprint density at radius 1 is 1.36 bits per heavy atom. The minimum absolute atomic E-state index is 0.0720. The van der Waals surface area contributed by atoms with Crippen LogP contribution in [0, 0.1) is 0 Å². The van der Waals surface area contributed by atoms with Crippen LogP contribution in [-0.4, -0.2) is 10.6 Å². The Morgan fingerprint density at radius 3 is 3.07 bits per heavy atom. The van der Waals surface area contributed by atoms with Gasteiger partial charge in [-0.3, -0.25) is 4.57 Å². The molecule has 0 bridgehead atoms. The monoisotopic (exact) mass is 206 g/mol. The smallest absolute Gasteiger partial charge is 0.326 e. The Labute approximate surface area is 85.3 Å². The summed E-state index contributed by atoms with van der Waals surface area (Å²) >= 11 is 5.88. The van der Waals surface area contributed by atoms with Crippen molar-refractivity contribution in [1.29, 1.82) is 0 Å². The van der Waals surface area contributed by atoms with Gasteiger partial charge in [0.2, 0.25) is 0 Å². The number of fused-ring (bicyclic) bond motifs is 3. The van der Waals surface area contributed by atoms with E-state index >= 15 is 0 Å². The third kappa shape index (κ3) is 0.902. The van der Waals surface area contributed by atoms with Crippen molar-refractivity contribution in [3.05, 3.63) is 35.0 Å². The topological polar surface area (TPSA) is 34.0 Å². The maximum absolute atomic E-state index is 11.5. The van der Waals surface area contributed by atoms with Crippen LogP contribution in [0.2, 0.25) is 5.02 Å². The molecule has 1 aromatic carbocycles. The molecule has 1 N–H and O–H groups in total. The van der Waals surface area contributed by atoms with Crippen molar-refractivity contribution in [2.45, 2.75) is 6.54 Å². The van der Waals surface area contributed by atoms with Crippen LogP contribution in [0.3, 0.4) is 0 Å². The van der Waals surface area contributed by atoms with Gasteiger partial charge >= 0.3 is 6.03 Å². The van der Waals surface area contributed by atoms with Crippen LogP contribution >= 0.6 is 11.6 Å². The van der Waals surface area contributed by atoms with Gasteiger partial charge in [-0.1, -0.05) is 17.7 Å². The van der Waals surface area contributed by atoms with Crippen molar-refractivity contribution in [1.82, 2.24) is 9.88 Å². The lowest BCUT2D eigenvalue weighted by Gasteiger charge is -1.98. The molecule has 0 fully saturated rings. The van der Waals surface area contributed by atoms with E-state index < -0.39 is 0 Å². The molecule has 0 saturated heterocycles. The van der Waals surface area contributed by atoms with E-state index in [1.165, 1.54) is 0 Å². The second-order valence-corrected chi connectivity index (χ2v) is 3.77. The van der Waals surface area contributed by atoms with Crippen LogP contribution in [-0.2, 0) is 6.54 Å². The Kier molecular flexibility index (Phi) is 1.42. The Balaban J connectivity index is 2.43. The fourth-order valence-electron chi connectivity index (χ4n) is 1.85. The van der Waals surface area contributed by atoms with E-state index in [1.54, 1.807) is 4.57 Å². The van der Waals surface area contributed by atoms with E-state index in [1.807, 2.05) is 24.3 Å². The Morgan fingerprint density at radius 2 is 2.21 bits per heavy atom. The molecular formula is C10H7ClN2O. The van der Waals surface area contributed by atoms with E-state index in [0.717, 1.165) is 16.6 Å². The lowest BCUT2D eigenvalue weighted by atomic mass is 10.2. The fourth-order valence-corrected chi connectivity index (χ4v) is 2.01. The Hall–Kier alpha value is -1.48. The molecule has 0 atom stereocenters. The number of nitrogens with one attached hydrogen (secondary N) is 1. The van der Waals surface area contributed by atoms with Gasteiger partial charge < -0.3 is 5.32 Å². The van der Waals surface area contributed by atoms with Gasteiger partial charge in [-0.2, -0.15) is 0 Å². The average Bonchev–Trinajstić information content (AvgIpc) is 2.67. The normalized spacial score (nSPS) is 14.5. The lowest BCUT2D eigenvalue weighted by molar-refractivity contribution is 0.247. The van der Waals surface area contributed by atoms with E-state index in [-0.39, 0.29) is 6.03 Å². The van der Waals surface area contributed by atoms with Crippen molar-refractivity contribution in [2.24, 2.45) is 0 Å². The summed E-state index contributed by atoms with van der Waals surface area (Å²) in [6.45, 7) is 0.602. The quantitative estimate of drug-likeness (QED) is 0.706.